The van der Waals surface area contributed by atoms with Gasteiger partial charge in [0, 0.05) is 50.9 Å². The Balaban J connectivity index is 1.00. The van der Waals surface area contributed by atoms with Crippen LogP contribution in [0.4, 0.5) is 8.78 Å². The lowest BCUT2D eigenvalue weighted by Crippen LogP contribution is -2.25. The van der Waals surface area contributed by atoms with Crippen LogP contribution >= 0.6 is 0 Å². The van der Waals surface area contributed by atoms with Gasteiger partial charge < -0.3 is 19.7 Å². The molecule has 0 amide bonds. The molecule has 0 heterocycles. The first kappa shape index (κ1) is 52.7. The van der Waals surface area contributed by atoms with Crippen molar-refractivity contribution in [2.24, 2.45) is 10.8 Å². The molecule has 0 aliphatic heterocycles. The minimum Gasteiger partial charge on any atom is -0.507 e. The first-order valence-electron chi connectivity index (χ1n) is 27.0. The average molecular weight is 1030 g/mol. The van der Waals surface area contributed by atoms with Gasteiger partial charge in [-0.25, -0.2) is 8.78 Å². The first-order valence-corrected chi connectivity index (χ1v) is 27.0. The van der Waals surface area contributed by atoms with Crippen molar-refractivity contribution >= 4 is 43.1 Å². The summed E-state index contributed by atoms with van der Waals surface area (Å²) >= 11 is 0. The van der Waals surface area contributed by atoms with Gasteiger partial charge in [-0.05, 0) is 162 Å². The minimum absolute atomic E-state index is 0.0130. The summed E-state index contributed by atoms with van der Waals surface area (Å²) in [5.74, 6) is -0.0121. The van der Waals surface area contributed by atoms with Gasteiger partial charge in [-0.2, -0.15) is 0 Å². The van der Waals surface area contributed by atoms with Crippen LogP contribution in [-0.2, 0) is 10.8 Å². The summed E-state index contributed by atoms with van der Waals surface area (Å²) in [6.07, 6.45) is 2.11. The number of aromatic hydroxyl groups is 2. The topological polar surface area (TPSA) is 58.9 Å². The third kappa shape index (κ3) is 10.9. The van der Waals surface area contributed by atoms with E-state index in [9.17, 15) is 10.2 Å². The van der Waals surface area contributed by atoms with Crippen molar-refractivity contribution in [1.82, 2.24) is 0 Å². The van der Waals surface area contributed by atoms with Crippen molar-refractivity contribution in [3.8, 4) is 67.5 Å². The average Bonchev–Trinajstić information content (AvgIpc) is 3.38. The molecule has 0 spiro atoms. The molecule has 0 unspecified atom stereocenters. The van der Waals surface area contributed by atoms with Gasteiger partial charge in [0.2, 0.25) is 0 Å². The zero-order valence-corrected chi connectivity index (χ0v) is 46.2. The van der Waals surface area contributed by atoms with Crippen LogP contribution in [0.15, 0.2) is 170 Å². The highest BCUT2D eigenvalue weighted by Gasteiger charge is 2.33. The number of hydrogen-bond donors (Lipinski definition) is 2. The Bertz CT molecular complexity index is 3510. The molecule has 10 aromatic rings. The van der Waals surface area contributed by atoms with E-state index in [0.717, 1.165) is 78.2 Å². The van der Waals surface area contributed by atoms with Crippen molar-refractivity contribution in [3.63, 3.8) is 0 Å². The van der Waals surface area contributed by atoms with Crippen LogP contribution in [0.2, 0.25) is 0 Å². The Hall–Kier alpha value is -7.70. The van der Waals surface area contributed by atoms with Crippen LogP contribution in [-0.4, -0.2) is 23.4 Å². The van der Waals surface area contributed by atoms with Crippen LogP contribution in [0, 0.1) is 22.5 Å². The van der Waals surface area contributed by atoms with E-state index in [4.69, 9.17) is 9.47 Å². The van der Waals surface area contributed by atoms with Crippen molar-refractivity contribution in [3.05, 3.63) is 193 Å². The summed E-state index contributed by atoms with van der Waals surface area (Å²) < 4.78 is 44.4. The molecule has 0 aromatic heterocycles. The van der Waals surface area contributed by atoms with E-state index in [1.54, 1.807) is 12.1 Å². The van der Waals surface area contributed by atoms with E-state index in [-0.39, 0.29) is 46.4 Å². The minimum atomic E-state index is -0.457. The predicted octanol–water partition coefficient (Wildman–Crippen LogP) is 19.9. The van der Waals surface area contributed by atoms with E-state index >= 15 is 8.78 Å². The number of fused-ring (bicyclic) bond motifs is 4. The monoisotopic (exact) mass is 1020 g/mol. The van der Waals surface area contributed by atoms with Crippen LogP contribution in [0.1, 0.15) is 99.6 Å². The van der Waals surface area contributed by atoms with E-state index in [0.29, 0.717) is 51.3 Å². The Kier molecular flexibility index (Phi) is 13.9. The summed E-state index contributed by atoms with van der Waals surface area (Å²) in [5, 5.41) is 33.6. The van der Waals surface area contributed by atoms with E-state index < -0.39 is 11.6 Å². The van der Waals surface area contributed by atoms with Crippen LogP contribution in [0.25, 0.3) is 87.6 Å². The largest absolute Gasteiger partial charge is 0.507 e. The van der Waals surface area contributed by atoms with Crippen LogP contribution in [0.3, 0.4) is 0 Å². The number of benzene rings is 10. The summed E-state index contributed by atoms with van der Waals surface area (Å²) in [4.78, 5) is 0. The fraction of sp³-hybridized carbons (Fsp3) is 0.268. The SMILES string of the molecule is CC(C)(C)CC(C)(C)c1cc(-c2cc(F)ccc2OCCCOc2ccc(F)cc2-c2cc(C(C)(C)CC(C)(C)C)cc(-c3c4ccccc4cc4ccccc34)c2O)c(O)c(-c2c3ccccc3cc3ccccc23)c1. The molecule has 0 saturated heterocycles. The zero-order valence-electron chi connectivity index (χ0n) is 46.2. The maximum absolute atomic E-state index is 15.6. The lowest BCUT2D eigenvalue weighted by atomic mass is 9.71. The molecule has 4 nitrogen and oxygen atoms in total. The molecule has 0 saturated carbocycles. The molecule has 0 radical (unpaired) electrons. The highest BCUT2D eigenvalue weighted by atomic mass is 19.1. The molecule has 10 aromatic carbocycles. The van der Waals surface area contributed by atoms with Crippen LogP contribution in [0.5, 0.6) is 23.0 Å². The molecule has 392 valence electrons. The molecular weight excluding hydrogens is 955 g/mol. The van der Waals surface area contributed by atoms with Gasteiger partial charge in [-0.15, -0.1) is 0 Å². The van der Waals surface area contributed by atoms with Crippen molar-refractivity contribution in [2.45, 2.75) is 99.3 Å². The highest BCUT2D eigenvalue weighted by molar-refractivity contribution is 6.15. The Morgan fingerprint density at radius 1 is 0.364 bits per heavy atom. The number of rotatable bonds is 14. The van der Waals surface area contributed by atoms with Crippen molar-refractivity contribution in [2.75, 3.05) is 13.2 Å². The van der Waals surface area contributed by atoms with Gasteiger partial charge in [0.05, 0.1) is 13.2 Å². The summed E-state index contributed by atoms with van der Waals surface area (Å²) in [7, 11) is 0. The van der Waals surface area contributed by atoms with Gasteiger partial charge in [0.1, 0.15) is 34.6 Å². The molecule has 0 atom stereocenters. The van der Waals surface area contributed by atoms with Gasteiger partial charge in [-0.3, -0.25) is 0 Å². The summed E-state index contributed by atoms with van der Waals surface area (Å²) in [6.45, 7) is 22.7. The second kappa shape index (κ2) is 20.3. The van der Waals surface area contributed by atoms with Crippen molar-refractivity contribution < 1.29 is 28.5 Å². The quantitative estimate of drug-likeness (QED) is 0.0842. The molecule has 2 N–H and O–H groups in total. The van der Waals surface area contributed by atoms with E-state index in [1.807, 2.05) is 60.7 Å². The maximum Gasteiger partial charge on any atom is 0.131 e. The van der Waals surface area contributed by atoms with Crippen LogP contribution < -0.4 is 9.47 Å². The number of hydrogen-bond acceptors (Lipinski definition) is 4. The fourth-order valence-corrected chi connectivity index (χ4v) is 12.4. The van der Waals surface area contributed by atoms with Gasteiger partial charge in [0.15, 0.2) is 0 Å². The number of phenols is 2. The smallest absolute Gasteiger partial charge is 0.131 e. The third-order valence-corrected chi connectivity index (χ3v) is 15.1. The third-order valence-electron chi connectivity index (χ3n) is 15.1. The van der Waals surface area contributed by atoms with Crippen molar-refractivity contribution in [1.29, 1.82) is 0 Å². The molecule has 0 bridgehead atoms. The lowest BCUT2D eigenvalue weighted by molar-refractivity contribution is 0.248. The normalized spacial score (nSPS) is 12.5. The summed E-state index contributed by atoms with van der Waals surface area (Å²) in [5.41, 5.74) is 6.28. The highest BCUT2D eigenvalue weighted by Crippen LogP contribution is 2.52. The molecule has 0 aliphatic carbocycles. The van der Waals surface area contributed by atoms with Gasteiger partial charge in [0.25, 0.3) is 0 Å². The van der Waals surface area contributed by atoms with E-state index in [1.165, 1.54) is 24.3 Å². The van der Waals surface area contributed by atoms with Gasteiger partial charge in [-0.1, -0.05) is 166 Å². The number of halogens is 2. The second-order valence-corrected chi connectivity index (χ2v) is 24.8. The van der Waals surface area contributed by atoms with E-state index in [2.05, 4.69) is 142 Å². The molecule has 6 heteroatoms. The Labute approximate surface area is 453 Å². The predicted molar refractivity (Wildman–Crippen MR) is 318 cm³/mol. The number of phenolic OH excluding ortho intramolecular Hbond substituents is 2. The standard InChI is InChI=1S/C71H70F2O4/c1-68(2,3)42-70(7,8)48-36-58(66(74)60(38-48)64-52-24-15-11-20-44(52)34-45-21-12-16-25-53(45)64)56-40-50(72)28-30-62(56)76-32-19-33-77-63-31-29-51(73)41-57(63)59-37-49(71(9,10)43-69(4,5)6)39-61(67(59)75)65-54-26-17-13-22-46(54)35-47-23-14-18-27-55(47)65/h11-18,20-31,34-41,74-75H,19,32-33,42-43H2,1-10H3. The fourth-order valence-electron chi connectivity index (χ4n) is 12.4. The summed E-state index contributed by atoms with van der Waals surface area (Å²) in [6, 6.07) is 54.4. The molecule has 77 heavy (non-hydrogen) atoms. The molecule has 10 rings (SSSR count). The lowest BCUT2D eigenvalue weighted by Gasteiger charge is -2.34. The maximum atomic E-state index is 15.6. The zero-order chi connectivity index (χ0) is 54.6. The van der Waals surface area contributed by atoms with Gasteiger partial charge >= 0.3 is 0 Å². The second-order valence-electron chi connectivity index (χ2n) is 24.8. The number of ether oxygens (including phenoxy) is 2. The molecule has 0 fully saturated rings. The first-order chi connectivity index (χ1) is 36.5. The molecular formula is C71H70F2O4. The Morgan fingerprint density at radius 2 is 0.675 bits per heavy atom. The Morgan fingerprint density at radius 3 is 1.00 bits per heavy atom. The molecule has 0 aliphatic rings.